The van der Waals surface area contributed by atoms with E-state index in [1.165, 1.54) is 12.3 Å². The lowest BCUT2D eigenvalue weighted by molar-refractivity contribution is 0.251. The Morgan fingerprint density at radius 1 is 1.44 bits per heavy atom. The Labute approximate surface area is 106 Å². The zero-order valence-electron chi connectivity index (χ0n) is 10.2. The molecule has 0 unspecified atom stereocenters. The second kappa shape index (κ2) is 6.77. The van der Waals surface area contributed by atoms with Gasteiger partial charge in [-0.2, -0.15) is 4.31 Å². The van der Waals surface area contributed by atoms with Gasteiger partial charge in [-0.05, 0) is 18.6 Å². The van der Waals surface area contributed by atoms with Gasteiger partial charge in [0, 0.05) is 19.3 Å². The molecule has 0 radical (unpaired) electrons. The van der Waals surface area contributed by atoms with Crippen molar-refractivity contribution in [2.45, 2.75) is 24.8 Å². The number of sulfonamides is 1. The van der Waals surface area contributed by atoms with Gasteiger partial charge in [0.25, 0.3) is 10.0 Å². The second-order valence-electron chi connectivity index (χ2n) is 3.77. The Morgan fingerprint density at radius 2 is 2.17 bits per heavy atom. The summed E-state index contributed by atoms with van der Waals surface area (Å²) in [5.41, 5.74) is 0. The molecule has 1 rings (SSSR count). The van der Waals surface area contributed by atoms with E-state index < -0.39 is 20.9 Å². The maximum absolute atomic E-state index is 13.5. The first-order valence-corrected chi connectivity index (χ1v) is 7.19. The van der Waals surface area contributed by atoms with Crippen LogP contribution in [0.4, 0.5) is 4.39 Å². The molecule has 0 saturated carbocycles. The van der Waals surface area contributed by atoms with Crippen molar-refractivity contribution >= 4 is 10.0 Å². The fourth-order valence-electron chi connectivity index (χ4n) is 1.48. The average molecular weight is 276 g/mol. The van der Waals surface area contributed by atoms with Crippen LogP contribution in [-0.2, 0) is 10.0 Å². The molecule has 102 valence electrons. The summed E-state index contributed by atoms with van der Waals surface area (Å²) in [7, 11) is -3.98. The zero-order valence-corrected chi connectivity index (χ0v) is 11.0. The highest BCUT2D eigenvalue weighted by Crippen LogP contribution is 2.16. The number of aliphatic hydroxyl groups is 1. The topological polar surface area (TPSA) is 70.5 Å². The first kappa shape index (κ1) is 15.0. The van der Waals surface area contributed by atoms with Gasteiger partial charge in [0.1, 0.15) is 0 Å². The highest BCUT2D eigenvalue weighted by atomic mass is 32.2. The normalized spacial score (nSPS) is 12.0. The standard InChI is InChI=1S/C11H17FN2O3S/c1-2-3-7-14(8-9-15)18(16,17)11-10(12)5-4-6-13-11/h4-6,15H,2-3,7-9H2,1H3. The molecule has 0 amide bonds. The van der Waals surface area contributed by atoms with E-state index in [2.05, 4.69) is 4.98 Å². The van der Waals surface area contributed by atoms with Crippen molar-refractivity contribution in [1.29, 1.82) is 0 Å². The summed E-state index contributed by atoms with van der Waals surface area (Å²) >= 11 is 0. The van der Waals surface area contributed by atoms with Crippen LogP contribution >= 0.6 is 0 Å². The highest BCUT2D eigenvalue weighted by molar-refractivity contribution is 7.89. The molecule has 0 aliphatic carbocycles. The first-order valence-electron chi connectivity index (χ1n) is 5.75. The van der Waals surface area contributed by atoms with Crippen LogP contribution in [0.5, 0.6) is 0 Å². The molecule has 0 atom stereocenters. The molecular weight excluding hydrogens is 259 g/mol. The minimum atomic E-state index is -3.98. The van der Waals surface area contributed by atoms with Crippen LogP contribution in [-0.4, -0.2) is 42.5 Å². The summed E-state index contributed by atoms with van der Waals surface area (Å²) < 4.78 is 38.9. The Hall–Kier alpha value is -1.05. The predicted molar refractivity (Wildman–Crippen MR) is 64.9 cm³/mol. The van der Waals surface area contributed by atoms with E-state index in [-0.39, 0.29) is 19.7 Å². The van der Waals surface area contributed by atoms with E-state index in [0.29, 0.717) is 6.42 Å². The monoisotopic (exact) mass is 276 g/mol. The van der Waals surface area contributed by atoms with Crippen molar-refractivity contribution in [2.24, 2.45) is 0 Å². The van der Waals surface area contributed by atoms with Crippen LogP contribution in [0, 0.1) is 5.82 Å². The third-order valence-corrected chi connectivity index (χ3v) is 4.25. The van der Waals surface area contributed by atoms with Gasteiger partial charge in [0.2, 0.25) is 5.03 Å². The minimum Gasteiger partial charge on any atom is -0.395 e. The number of pyridine rings is 1. The number of hydrogen-bond donors (Lipinski definition) is 1. The molecule has 0 aromatic carbocycles. The highest BCUT2D eigenvalue weighted by Gasteiger charge is 2.27. The fraction of sp³-hybridized carbons (Fsp3) is 0.545. The van der Waals surface area contributed by atoms with E-state index in [9.17, 15) is 12.8 Å². The third kappa shape index (κ3) is 3.47. The largest absolute Gasteiger partial charge is 0.395 e. The summed E-state index contributed by atoms with van der Waals surface area (Å²) in [6, 6.07) is 2.38. The molecule has 0 fully saturated rings. The number of aromatic nitrogens is 1. The van der Waals surface area contributed by atoms with Crippen LogP contribution < -0.4 is 0 Å². The van der Waals surface area contributed by atoms with Gasteiger partial charge in [-0.3, -0.25) is 0 Å². The maximum atomic E-state index is 13.5. The fourth-order valence-corrected chi connectivity index (χ4v) is 2.93. The Kier molecular flexibility index (Phi) is 5.64. The smallest absolute Gasteiger partial charge is 0.263 e. The van der Waals surface area contributed by atoms with Crippen LogP contribution in [0.1, 0.15) is 19.8 Å². The van der Waals surface area contributed by atoms with Crippen LogP contribution in [0.15, 0.2) is 23.4 Å². The first-order chi connectivity index (χ1) is 8.54. The van der Waals surface area contributed by atoms with E-state index >= 15 is 0 Å². The summed E-state index contributed by atoms with van der Waals surface area (Å²) in [5.74, 6) is -0.878. The lowest BCUT2D eigenvalue weighted by Crippen LogP contribution is -2.35. The lowest BCUT2D eigenvalue weighted by Gasteiger charge is -2.20. The van der Waals surface area contributed by atoms with Crippen molar-refractivity contribution in [3.8, 4) is 0 Å². The Morgan fingerprint density at radius 3 is 2.72 bits per heavy atom. The molecule has 0 bridgehead atoms. The van der Waals surface area contributed by atoms with Crippen LogP contribution in [0.25, 0.3) is 0 Å². The molecule has 0 aliphatic heterocycles. The van der Waals surface area contributed by atoms with E-state index in [1.54, 1.807) is 0 Å². The van der Waals surface area contributed by atoms with Crippen LogP contribution in [0.3, 0.4) is 0 Å². The van der Waals surface area contributed by atoms with Crippen molar-refractivity contribution in [3.05, 3.63) is 24.1 Å². The number of aliphatic hydroxyl groups excluding tert-OH is 1. The molecule has 1 aromatic rings. The lowest BCUT2D eigenvalue weighted by atomic mass is 10.3. The molecule has 0 aliphatic rings. The summed E-state index contributed by atoms with van der Waals surface area (Å²) in [6.07, 6.45) is 2.68. The molecule has 5 nitrogen and oxygen atoms in total. The van der Waals surface area contributed by atoms with Gasteiger partial charge < -0.3 is 5.11 Å². The van der Waals surface area contributed by atoms with Crippen molar-refractivity contribution < 1.29 is 17.9 Å². The van der Waals surface area contributed by atoms with Crippen molar-refractivity contribution in [1.82, 2.24) is 9.29 Å². The Balaban J connectivity index is 3.05. The molecule has 1 aromatic heterocycles. The molecule has 1 N–H and O–H groups in total. The van der Waals surface area contributed by atoms with Crippen molar-refractivity contribution in [2.75, 3.05) is 19.7 Å². The predicted octanol–water partition coefficient (Wildman–Crippen LogP) is 1.00. The Bertz CT molecular complexity index is 479. The summed E-state index contributed by atoms with van der Waals surface area (Å²) in [5, 5.41) is 8.31. The maximum Gasteiger partial charge on any atom is 0.263 e. The molecular formula is C11H17FN2O3S. The van der Waals surface area contributed by atoms with Gasteiger partial charge in [-0.1, -0.05) is 13.3 Å². The summed E-state index contributed by atoms with van der Waals surface area (Å²) in [6.45, 7) is 1.80. The average Bonchev–Trinajstić information content (AvgIpc) is 2.34. The third-order valence-electron chi connectivity index (χ3n) is 2.42. The number of nitrogens with zero attached hydrogens (tertiary/aromatic N) is 2. The molecule has 18 heavy (non-hydrogen) atoms. The van der Waals surface area contributed by atoms with Crippen LogP contribution in [0.2, 0.25) is 0 Å². The quantitative estimate of drug-likeness (QED) is 0.806. The number of halogens is 1. The van der Waals surface area contributed by atoms with Gasteiger partial charge in [-0.25, -0.2) is 17.8 Å². The number of unbranched alkanes of at least 4 members (excludes halogenated alkanes) is 1. The van der Waals surface area contributed by atoms with Gasteiger partial charge in [0.15, 0.2) is 5.82 Å². The minimum absolute atomic E-state index is 0.0572. The summed E-state index contributed by atoms with van der Waals surface area (Å²) in [4.78, 5) is 3.57. The SMILES string of the molecule is CCCCN(CCO)S(=O)(=O)c1ncccc1F. The number of rotatable bonds is 7. The zero-order chi connectivity index (χ0) is 13.6. The molecule has 0 spiro atoms. The van der Waals surface area contributed by atoms with Gasteiger partial charge >= 0.3 is 0 Å². The van der Waals surface area contributed by atoms with E-state index in [0.717, 1.165) is 16.8 Å². The van der Waals surface area contributed by atoms with Crippen molar-refractivity contribution in [3.63, 3.8) is 0 Å². The van der Waals surface area contributed by atoms with E-state index in [4.69, 9.17) is 5.11 Å². The van der Waals surface area contributed by atoms with Gasteiger partial charge in [0.05, 0.1) is 6.61 Å². The van der Waals surface area contributed by atoms with E-state index in [1.807, 2.05) is 6.92 Å². The molecule has 1 heterocycles. The number of hydrogen-bond acceptors (Lipinski definition) is 4. The van der Waals surface area contributed by atoms with Gasteiger partial charge in [-0.15, -0.1) is 0 Å². The molecule has 0 saturated heterocycles. The second-order valence-corrected chi connectivity index (χ2v) is 5.62. The molecule has 7 heteroatoms.